The fraction of sp³-hybridized carbons (Fsp3) is 0.429. The van der Waals surface area contributed by atoms with Crippen LogP contribution in [-0.4, -0.2) is 38.6 Å². The summed E-state index contributed by atoms with van der Waals surface area (Å²) in [4.78, 5) is 24.4. The van der Waals surface area contributed by atoms with Crippen molar-refractivity contribution in [2.75, 3.05) is 25.1 Å². The van der Waals surface area contributed by atoms with Crippen LogP contribution in [0.5, 0.6) is 0 Å². The van der Waals surface area contributed by atoms with Crippen LogP contribution in [0, 0.1) is 6.92 Å². The lowest BCUT2D eigenvalue weighted by atomic mass is 10.1. The summed E-state index contributed by atoms with van der Waals surface area (Å²) in [6.07, 6.45) is 1.32. The number of methoxy groups -OCH3 is 1. The molecule has 0 saturated carbocycles. The minimum absolute atomic E-state index is 0.0632. The number of benzene rings is 1. The van der Waals surface area contributed by atoms with Gasteiger partial charge in [0, 0.05) is 24.3 Å². The van der Waals surface area contributed by atoms with Crippen molar-refractivity contribution in [3.8, 4) is 0 Å². The average molecular weight is 262 g/mol. The molecule has 1 aromatic carbocycles. The van der Waals surface area contributed by atoms with E-state index < -0.39 is 6.09 Å². The molecule has 1 unspecified atom stereocenters. The van der Waals surface area contributed by atoms with Crippen LogP contribution in [0.3, 0.4) is 0 Å². The lowest BCUT2D eigenvalue weighted by molar-refractivity contribution is 0.112. The number of carbonyl (C=O) groups excluding carboxylic acids is 2. The molecule has 2 rings (SSSR count). The van der Waals surface area contributed by atoms with Gasteiger partial charge in [0.15, 0.2) is 6.29 Å². The molecule has 0 aromatic heterocycles. The first kappa shape index (κ1) is 13.4. The fourth-order valence-corrected chi connectivity index (χ4v) is 2.38. The Balaban J connectivity index is 2.08. The predicted octanol–water partition coefficient (Wildman–Crippen LogP) is 1.74. The highest BCUT2D eigenvalue weighted by Crippen LogP contribution is 2.24. The molecule has 1 atom stereocenters. The molecule has 1 aliphatic rings. The van der Waals surface area contributed by atoms with Crippen molar-refractivity contribution in [2.45, 2.75) is 19.4 Å². The number of nitrogens with one attached hydrogen (secondary N) is 1. The maximum atomic E-state index is 11.2. The molecule has 1 aliphatic heterocycles. The van der Waals surface area contributed by atoms with Gasteiger partial charge in [-0.3, -0.25) is 4.79 Å². The van der Waals surface area contributed by atoms with Gasteiger partial charge in [0.2, 0.25) is 0 Å². The smallest absolute Gasteiger partial charge is 0.407 e. The van der Waals surface area contributed by atoms with Crippen LogP contribution in [0.1, 0.15) is 22.3 Å². The van der Waals surface area contributed by atoms with Crippen LogP contribution in [0.2, 0.25) is 0 Å². The third kappa shape index (κ3) is 3.05. The lowest BCUT2D eigenvalue weighted by Crippen LogP contribution is -2.37. The van der Waals surface area contributed by atoms with E-state index in [1.807, 2.05) is 25.1 Å². The van der Waals surface area contributed by atoms with Crippen LogP contribution < -0.4 is 10.2 Å². The number of nitrogens with zero attached hydrogens (tertiary/aromatic N) is 1. The zero-order valence-corrected chi connectivity index (χ0v) is 11.2. The normalized spacial score (nSPS) is 18.2. The van der Waals surface area contributed by atoms with Gasteiger partial charge in [-0.15, -0.1) is 0 Å². The Labute approximate surface area is 112 Å². The van der Waals surface area contributed by atoms with Gasteiger partial charge in [-0.1, -0.05) is 11.6 Å². The van der Waals surface area contributed by atoms with Crippen molar-refractivity contribution in [1.29, 1.82) is 0 Å². The van der Waals surface area contributed by atoms with E-state index in [1.54, 1.807) is 0 Å². The largest absolute Gasteiger partial charge is 0.453 e. The molecule has 0 aliphatic carbocycles. The van der Waals surface area contributed by atoms with Crippen molar-refractivity contribution in [1.82, 2.24) is 5.32 Å². The number of hydrogen-bond acceptors (Lipinski definition) is 4. The molecule has 1 aromatic rings. The Morgan fingerprint density at radius 2 is 2.32 bits per heavy atom. The van der Waals surface area contributed by atoms with Crippen molar-refractivity contribution < 1.29 is 14.3 Å². The third-order valence-electron chi connectivity index (χ3n) is 3.35. The Morgan fingerprint density at radius 3 is 3.00 bits per heavy atom. The summed E-state index contributed by atoms with van der Waals surface area (Å²) >= 11 is 0. The highest BCUT2D eigenvalue weighted by atomic mass is 16.5. The maximum Gasteiger partial charge on any atom is 0.407 e. The van der Waals surface area contributed by atoms with Gasteiger partial charge in [0.25, 0.3) is 0 Å². The minimum atomic E-state index is -0.411. The summed E-state index contributed by atoms with van der Waals surface area (Å²) in [5.41, 5.74) is 2.68. The second-order valence-electron chi connectivity index (χ2n) is 4.75. The monoisotopic (exact) mass is 262 g/mol. The summed E-state index contributed by atoms with van der Waals surface area (Å²) < 4.78 is 4.59. The molecule has 5 heteroatoms. The van der Waals surface area contributed by atoms with Crippen LogP contribution >= 0.6 is 0 Å². The highest BCUT2D eigenvalue weighted by Gasteiger charge is 2.25. The summed E-state index contributed by atoms with van der Waals surface area (Å²) in [6, 6.07) is 5.89. The number of hydrogen-bond donors (Lipinski definition) is 1. The number of rotatable bonds is 3. The van der Waals surface area contributed by atoms with E-state index in [9.17, 15) is 9.59 Å². The number of alkyl carbamates (subject to hydrolysis) is 1. The van der Waals surface area contributed by atoms with Gasteiger partial charge in [-0.2, -0.15) is 0 Å². The zero-order valence-electron chi connectivity index (χ0n) is 11.2. The Morgan fingerprint density at radius 1 is 1.53 bits per heavy atom. The Kier molecular flexibility index (Phi) is 4.04. The standard InChI is InChI=1S/C14H18N2O3/c1-10-3-4-13(11(7-10)9-17)16-6-5-12(8-16)15-14(18)19-2/h3-4,7,9,12H,5-6,8H2,1-2H3,(H,15,18). The number of carbonyl (C=O) groups is 2. The van der Waals surface area contributed by atoms with Crippen molar-refractivity contribution in [3.05, 3.63) is 29.3 Å². The van der Waals surface area contributed by atoms with Gasteiger partial charge in [-0.05, 0) is 25.5 Å². The molecule has 0 bridgehead atoms. The van der Waals surface area contributed by atoms with Gasteiger partial charge in [0.05, 0.1) is 13.2 Å². The highest BCUT2D eigenvalue weighted by molar-refractivity contribution is 5.85. The average Bonchev–Trinajstić information content (AvgIpc) is 2.86. The van der Waals surface area contributed by atoms with Gasteiger partial charge < -0.3 is 15.0 Å². The number of amides is 1. The Bertz CT molecular complexity index is 488. The van der Waals surface area contributed by atoms with E-state index >= 15 is 0 Å². The molecule has 1 fully saturated rings. The summed E-state index contributed by atoms with van der Waals surface area (Å²) in [7, 11) is 1.35. The van der Waals surface area contributed by atoms with Gasteiger partial charge >= 0.3 is 6.09 Å². The minimum Gasteiger partial charge on any atom is -0.453 e. The van der Waals surface area contributed by atoms with E-state index in [2.05, 4.69) is 15.0 Å². The molecule has 1 N–H and O–H groups in total. The first-order valence-electron chi connectivity index (χ1n) is 6.29. The maximum absolute atomic E-state index is 11.2. The third-order valence-corrected chi connectivity index (χ3v) is 3.35. The van der Waals surface area contributed by atoms with Gasteiger partial charge in [0.1, 0.15) is 0 Å². The topological polar surface area (TPSA) is 58.6 Å². The molecule has 0 radical (unpaired) electrons. The number of anilines is 1. The molecule has 0 spiro atoms. The van der Waals surface area contributed by atoms with E-state index in [0.29, 0.717) is 12.1 Å². The summed E-state index contributed by atoms with van der Waals surface area (Å²) in [6.45, 7) is 3.47. The first-order valence-corrected chi connectivity index (χ1v) is 6.29. The summed E-state index contributed by atoms with van der Waals surface area (Å²) in [5.74, 6) is 0. The molecule has 1 saturated heterocycles. The quantitative estimate of drug-likeness (QED) is 0.843. The first-order chi connectivity index (χ1) is 9.13. The fourth-order valence-electron chi connectivity index (χ4n) is 2.38. The number of aryl methyl sites for hydroxylation is 1. The molecule has 5 nitrogen and oxygen atoms in total. The molecule has 102 valence electrons. The van der Waals surface area contributed by atoms with E-state index in [1.165, 1.54) is 7.11 Å². The molecular weight excluding hydrogens is 244 g/mol. The van der Waals surface area contributed by atoms with Gasteiger partial charge in [-0.25, -0.2) is 4.79 Å². The second kappa shape index (κ2) is 5.73. The van der Waals surface area contributed by atoms with Crippen molar-refractivity contribution >= 4 is 18.1 Å². The molecule has 1 heterocycles. The molecule has 19 heavy (non-hydrogen) atoms. The zero-order chi connectivity index (χ0) is 13.8. The van der Waals surface area contributed by atoms with Crippen LogP contribution in [0.4, 0.5) is 10.5 Å². The number of aldehydes is 1. The molecule has 1 amide bonds. The van der Waals surface area contributed by atoms with E-state index in [-0.39, 0.29) is 6.04 Å². The Hall–Kier alpha value is -2.04. The summed E-state index contributed by atoms with van der Waals surface area (Å²) in [5, 5.41) is 2.79. The van der Waals surface area contributed by atoms with Crippen LogP contribution in [0.15, 0.2) is 18.2 Å². The molecular formula is C14H18N2O3. The predicted molar refractivity (Wildman–Crippen MR) is 72.7 cm³/mol. The SMILES string of the molecule is COC(=O)NC1CCN(c2ccc(C)cc2C=O)C1. The number of ether oxygens (including phenoxy) is 1. The van der Waals surface area contributed by atoms with Crippen molar-refractivity contribution in [2.24, 2.45) is 0 Å². The van der Waals surface area contributed by atoms with Crippen LogP contribution in [0.25, 0.3) is 0 Å². The second-order valence-corrected chi connectivity index (χ2v) is 4.75. The lowest BCUT2D eigenvalue weighted by Gasteiger charge is -2.20. The van der Waals surface area contributed by atoms with E-state index in [0.717, 1.165) is 30.5 Å². The van der Waals surface area contributed by atoms with Crippen molar-refractivity contribution in [3.63, 3.8) is 0 Å². The van der Waals surface area contributed by atoms with Crippen LogP contribution in [-0.2, 0) is 4.74 Å². The van der Waals surface area contributed by atoms with E-state index in [4.69, 9.17) is 0 Å².